The van der Waals surface area contributed by atoms with E-state index in [0.29, 0.717) is 13.2 Å². The summed E-state index contributed by atoms with van der Waals surface area (Å²) in [5.41, 5.74) is 3.09. The number of para-hydroxylation sites is 1. The van der Waals surface area contributed by atoms with Crippen LogP contribution in [0, 0.1) is 0 Å². The summed E-state index contributed by atoms with van der Waals surface area (Å²) in [4.78, 5) is 0. The summed E-state index contributed by atoms with van der Waals surface area (Å²) in [6, 6.07) is 23.6. The van der Waals surface area contributed by atoms with Gasteiger partial charge in [-0.3, -0.25) is 0 Å². The SMILES string of the molecule is COc1ccc(NCc2ccccc2OCc2ccccc2Cl)cc1. The predicted octanol–water partition coefficient (Wildman–Crippen LogP) is 5.54. The molecule has 25 heavy (non-hydrogen) atoms. The predicted molar refractivity (Wildman–Crippen MR) is 103 cm³/mol. The molecular weight excluding hydrogens is 334 g/mol. The lowest BCUT2D eigenvalue weighted by molar-refractivity contribution is 0.303. The third kappa shape index (κ3) is 4.68. The molecule has 0 aromatic heterocycles. The van der Waals surface area contributed by atoms with E-state index in [2.05, 4.69) is 11.4 Å². The molecule has 0 spiro atoms. The summed E-state index contributed by atoms with van der Waals surface area (Å²) in [6.07, 6.45) is 0. The molecule has 0 aliphatic heterocycles. The van der Waals surface area contributed by atoms with Crippen molar-refractivity contribution < 1.29 is 9.47 Å². The maximum Gasteiger partial charge on any atom is 0.124 e. The summed E-state index contributed by atoms with van der Waals surface area (Å²) < 4.78 is 11.2. The molecule has 0 radical (unpaired) electrons. The first kappa shape index (κ1) is 17.2. The zero-order valence-electron chi connectivity index (χ0n) is 14.0. The Morgan fingerprint density at radius 3 is 2.24 bits per heavy atom. The van der Waals surface area contributed by atoms with Crippen LogP contribution in [0.15, 0.2) is 72.8 Å². The first-order valence-corrected chi connectivity index (χ1v) is 8.46. The number of hydrogen-bond acceptors (Lipinski definition) is 3. The normalized spacial score (nSPS) is 10.3. The Bertz CT molecular complexity index is 818. The van der Waals surface area contributed by atoms with Crippen molar-refractivity contribution >= 4 is 17.3 Å². The van der Waals surface area contributed by atoms with Gasteiger partial charge >= 0.3 is 0 Å². The molecule has 3 aromatic rings. The Hall–Kier alpha value is -2.65. The average molecular weight is 354 g/mol. The van der Waals surface area contributed by atoms with Crippen molar-refractivity contribution in [1.82, 2.24) is 0 Å². The number of anilines is 1. The van der Waals surface area contributed by atoms with E-state index in [1.54, 1.807) is 7.11 Å². The second-order valence-electron chi connectivity index (χ2n) is 5.57. The number of benzene rings is 3. The largest absolute Gasteiger partial charge is 0.497 e. The minimum atomic E-state index is 0.444. The van der Waals surface area contributed by atoms with Crippen molar-refractivity contribution in [3.05, 3.63) is 88.9 Å². The fraction of sp³-hybridized carbons (Fsp3) is 0.143. The van der Waals surface area contributed by atoms with Crippen molar-refractivity contribution in [2.24, 2.45) is 0 Å². The van der Waals surface area contributed by atoms with Gasteiger partial charge in [-0.25, -0.2) is 0 Å². The molecule has 4 heteroatoms. The van der Waals surface area contributed by atoms with E-state index in [0.717, 1.165) is 33.3 Å². The van der Waals surface area contributed by atoms with Crippen LogP contribution in [0.25, 0.3) is 0 Å². The Balaban J connectivity index is 1.65. The molecule has 0 saturated carbocycles. The highest BCUT2D eigenvalue weighted by Gasteiger charge is 2.05. The van der Waals surface area contributed by atoms with E-state index in [-0.39, 0.29) is 0 Å². The minimum absolute atomic E-state index is 0.444. The summed E-state index contributed by atoms with van der Waals surface area (Å²) in [5, 5.41) is 4.12. The second-order valence-corrected chi connectivity index (χ2v) is 5.98. The Morgan fingerprint density at radius 2 is 1.52 bits per heavy atom. The molecule has 3 nitrogen and oxygen atoms in total. The number of ether oxygens (including phenoxy) is 2. The molecule has 0 unspecified atom stereocenters. The zero-order valence-corrected chi connectivity index (χ0v) is 14.8. The zero-order chi connectivity index (χ0) is 17.5. The van der Waals surface area contributed by atoms with Gasteiger partial charge < -0.3 is 14.8 Å². The fourth-order valence-corrected chi connectivity index (χ4v) is 2.66. The third-order valence-corrected chi connectivity index (χ3v) is 4.26. The van der Waals surface area contributed by atoms with Crippen molar-refractivity contribution in [1.29, 1.82) is 0 Å². The van der Waals surface area contributed by atoms with Gasteiger partial charge in [0.05, 0.1) is 7.11 Å². The monoisotopic (exact) mass is 353 g/mol. The van der Waals surface area contributed by atoms with Gasteiger partial charge in [-0.2, -0.15) is 0 Å². The summed E-state index contributed by atoms with van der Waals surface area (Å²) in [6.45, 7) is 1.12. The van der Waals surface area contributed by atoms with E-state index < -0.39 is 0 Å². The van der Waals surface area contributed by atoms with Crippen LogP contribution in [0.5, 0.6) is 11.5 Å². The van der Waals surface area contributed by atoms with Crippen LogP contribution in [0.1, 0.15) is 11.1 Å². The molecule has 0 amide bonds. The van der Waals surface area contributed by atoms with Crippen molar-refractivity contribution in [2.75, 3.05) is 12.4 Å². The van der Waals surface area contributed by atoms with Crippen molar-refractivity contribution in [3.8, 4) is 11.5 Å². The molecule has 0 aliphatic carbocycles. The second kappa shape index (κ2) is 8.45. The highest BCUT2D eigenvalue weighted by molar-refractivity contribution is 6.31. The van der Waals surface area contributed by atoms with Crippen LogP contribution in [0.4, 0.5) is 5.69 Å². The van der Waals surface area contributed by atoms with Crippen LogP contribution < -0.4 is 14.8 Å². The smallest absolute Gasteiger partial charge is 0.124 e. The molecule has 3 rings (SSSR count). The average Bonchev–Trinajstić information content (AvgIpc) is 2.67. The quantitative estimate of drug-likeness (QED) is 0.605. The number of halogens is 1. The lowest BCUT2D eigenvalue weighted by Gasteiger charge is -2.13. The summed E-state index contributed by atoms with van der Waals surface area (Å²) in [5.74, 6) is 1.69. The topological polar surface area (TPSA) is 30.5 Å². The van der Waals surface area contributed by atoms with E-state index in [1.807, 2.05) is 66.7 Å². The van der Waals surface area contributed by atoms with Gasteiger partial charge in [0.2, 0.25) is 0 Å². The Morgan fingerprint density at radius 1 is 0.840 bits per heavy atom. The van der Waals surface area contributed by atoms with E-state index in [4.69, 9.17) is 21.1 Å². The molecule has 128 valence electrons. The van der Waals surface area contributed by atoms with Crippen molar-refractivity contribution in [2.45, 2.75) is 13.2 Å². The van der Waals surface area contributed by atoms with E-state index in [1.165, 1.54) is 0 Å². The molecule has 0 atom stereocenters. The van der Waals surface area contributed by atoms with Crippen LogP contribution >= 0.6 is 11.6 Å². The molecule has 0 bridgehead atoms. The molecule has 0 saturated heterocycles. The maximum absolute atomic E-state index is 6.19. The van der Waals surface area contributed by atoms with Crippen LogP contribution in [-0.2, 0) is 13.2 Å². The number of methoxy groups -OCH3 is 1. The van der Waals surface area contributed by atoms with E-state index >= 15 is 0 Å². The van der Waals surface area contributed by atoms with Gasteiger partial charge in [-0.1, -0.05) is 48.0 Å². The molecule has 3 aromatic carbocycles. The Labute approximate surface area is 153 Å². The lowest BCUT2D eigenvalue weighted by Crippen LogP contribution is -2.04. The fourth-order valence-electron chi connectivity index (χ4n) is 2.47. The molecule has 0 heterocycles. The van der Waals surface area contributed by atoms with Gasteiger partial charge in [0.1, 0.15) is 18.1 Å². The highest BCUT2D eigenvalue weighted by atomic mass is 35.5. The number of rotatable bonds is 7. The third-order valence-electron chi connectivity index (χ3n) is 3.89. The lowest BCUT2D eigenvalue weighted by atomic mass is 10.2. The summed E-state index contributed by atoms with van der Waals surface area (Å²) >= 11 is 6.19. The molecular formula is C21H20ClNO2. The van der Waals surface area contributed by atoms with Crippen molar-refractivity contribution in [3.63, 3.8) is 0 Å². The molecule has 0 fully saturated rings. The number of nitrogens with one attached hydrogen (secondary N) is 1. The molecule has 0 aliphatic rings. The first-order chi connectivity index (χ1) is 12.3. The van der Waals surface area contributed by atoms with E-state index in [9.17, 15) is 0 Å². The van der Waals surface area contributed by atoms with Gasteiger partial charge in [0.25, 0.3) is 0 Å². The minimum Gasteiger partial charge on any atom is -0.497 e. The number of hydrogen-bond donors (Lipinski definition) is 1. The van der Waals surface area contributed by atoms with Gasteiger partial charge in [-0.15, -0.1) is 0 Å². The van der Waals surface area contributed by atoms with Gasteiger partial charge in [-0.05, 0) is 36.4 Å². The Kier molecular flexibility index (Phi) is 5.81. The van der Waals surface area contributed by atoms with Gasteiger partial charge in [0, 0.05) is 28.4 Å². The highest BCUT2D eigenvalue weighted by Crippen LogP contribution is 2.23. The van der Waals surface area contributed by atoms with Crippen LogP contribution in [-0.4, -0.2) is 7.11 Å². The first-order valence-electron chi connectivity index (χ1n) is 8.08. The van der Waals surface area contributed by atoms with Crippen LogP contribution in [0.2, 0.25) is 5.02 Å². The maximum atomic E-state index is 6.19. The molecule has 1 N–H and O–H groups in total. The van der Waals surface area contributed by atoms with Gasteiger partial charge in [0.15, 0.2) is 0 Å². The standard InChI is InChI=1S/C21H20ClNO2/c1-24-19-12-10-18(11-13-19)23-14-16-6-3-5-9-21(16)25-15-17-7-2-4-8-20(17)22/h2-13,23H,14-15H2,1H3. The van der Waals surface area contributed by atoms with Crippen LogP contribution in [0.3, 0.4) is 0 Å². The summed E-state index contributed by atoms with van der Waals surface area (Å²) in [7, 11) is 1.66.